The van der Waals surface area contributed by atoms with Gasteiger partial charge in [-0.2, -0.15) is 0 Å². The fourth-order valence-electron chi connectivity index (χ4n) is 3.67. The van der Waals surface area contributed by atoms with Gasteiger partial charge in [-0.15, -0.1) is 0 Å². The maximum Gasteiger partial charge on any atom is 0.115 e. The van der Waals surface area contributed by atoms with Gasteiger partial charge in [-0.05, 0) is 81.1 Å². The summed E-state index contributed by atoms with van der Waals surface area (Å²) in [6, 6.07) is 19.5. The lowest BCUT2D eigenvalue weighted by atomic mass is 9.86. The van der Waals surface area contributed by atoms with Crippen LogP contribution in [0.15, 0.2) is 60.7 Å². The molecule has 0 spiro atoms. The van der Waals surface area contributed by atoms with E-state index in [1.165, 1.54) is 16.3 Å². The van der Waals surface area contributed by atoms with Gasteiger partial charge >= 0.3 is 0 Å². The quantitative estimate of drug-likeness (QED) is 0.354. The molecule has 0 amide bonds. The number of nitrogen functional groups attached to an aromatic ring is 2. The number of rotatable bonds is 2. The number of hydrogen-bond acceptors (Lipinski definition) is 3. The normalized spacial score (nSPS) is 11.2. The van der Waals surface area contributed by atoms with Crippen LogP contribution in [0, 0.1) is 0 Å². The van der Waals surface area contributed by atoms with Crippen molar-refractivity contribution >= 4 is 32.9 Å². The van der Waals surface area contributed by atoms with Gasteiger partial charge in [0.25, 0.3) is 0 Å². The second kappa shape index (κ2) is 5.71. The van der Waals surface area contributed by atoms with Gasteiger partial charge in [-0.3, -0.25) is 0 Å². The van der Waals surface area contributed by atoms with E-state index in [0.717, 1.165) is 39.7 Å². The van der Waals surface area contributed by atoms with E-state index < -0.39 is 0 Å². The van der Waals surface area contributed by atoms with Crippen LogP contribution in [-0.2, 0) is 6.42 Å². The topological polar surface area (TPSA) is 72.3 Å². The summed E-state index contributed by atoms with van der Waals surface area (Å²) >= 11 is 0. The van der Waals surface area contributed by atoms with Crippen LogP contribution < -0.4 is 11.5 Å². The lowest BCUT2D eigenvalue weighted by Gasteiger charge is -2.18. The Balaban J connectivity index is 2.24. The minimum absolute atomic E-state index is 0.260. The molecule has 0 aliphatic heterocycles. The molecule has 0 fully saturated rings. The summed E-state index contributed by atoms with van der Waals surface area (Å²) in [6.07, 6.45) is 0.876. The molecule has 0 aromatic heterocycles. The first-order chi connectivity index (χ1) is 12.1. The standard InChI is InChI=1S/C22H20N2O/c1-2-17-20-11-14(23)5-9-18(20)19-10-6-15(24)12-21(19)22(17)13-3-7-16(25)8-4-13/h3-12,25H,2,23-24H2,1H3. The van der Waals surface area contributed by atoms with E-state index in [9.17, 15) is 5.11 Å². The highest BCUT2D eigenvalue weighted by Gasteiger charge is 2.15. The lowest BCUT2D eigenvalue weighted by Crippen LogP contribution is -1.96. The minimum atomic E-state index is 0.260. The van der Waals surface area contributed by atoms with Crippen LogP contribution in [0.2, 0.25) is 0 Å². The average Bonchev–Trinajstić information content (AvgIpc) is 2.61. The van der Waals surface area contributed by atoms with Gasteiger partial charge in [0.1, 0.15) is 5.75 Å². The molecule has 124 valence electrons. The Kier molecular flexibility index (Phi) is 3.50. The molecule has 4 rings (SSSR count). The summed E-state index contributed by atoms with van der Waals surface area (Å²) in [5.74, 6) is 0.260. The number of anilines is 2. The van der Waals surface area contributed by atoms with E-state index in [4.69, 9.17) is 11.5 Å². The van der Waals surface area contributed by atoms with Crippen molar-refractivity contribution in [3.8, 4) is 16.9 Å². The highest BCUT2D eigenvalue weighted by atomic mass is 16.3. The predicted octanol–water partition coefficient (Wildman–Crippen LogP) is 5.09. The van der Waals surface area contributed by atoms with Crippen LogP contribution in [-0.4, -0.2) is 5.11 Å². The molecule has 0 unspecified atom stereocenters. The lowest BCUT2D eigenvalue weighted by molar-refractivity contribution is 0.475. The summed E-state index contributed by atoms with van der Waals surface area (Å²) in [6.45, 7) is 2.15. The summed E-state index contributed by atoms with van der Waals surface area (Å²) in [5.41, 5.74) is 17.1. The molecule has 0 radical (unpaired) electrons. The van der Waals surface area contributed by atoms with Crippen molar-refractivity contribution in [3.63, 3.8) is 0 Å². The Hall–Kier alpha value is -3.20. The molecule has 4 aromatic carbocycles. The van der Waals surface area contributed by atoms with Gasteiger partial charge < -0.3 is 16.6 Å². The van der Waals surface area contributed by atoms with E-state index in [2.05, 4.69) is 19.1 Å². The van der Waals surface area contributed by atoms with Gasteiger partial charge in [0.05, 0.1) is 0 Å². The maximum absolute atomic E-state index is 9.66. The number of benzene rings is 4. The van der Waals surface area contributed by atoms with E-state index in [1.807, 2.05) is 36.4 Å². The van der Waals surface area contributed by atoms with Crippen LogP contribution in [0.1, 0.15) is 12.5 Å². The third-order valence-corrected chi connectivity index (χ3v) is 4.78. The number of aromatic hydroxyl groups is 1. The molecule has 0 aliphatic rings. The van der Waals surface area contributed by atoms with Gasteiger partial charge in [0, 0.05) is 11.4 Å². The molecule has 5 N–H and O–H groups in total. The van der Waals surface area contributed by atoms with Crippen molar-refractivity contribution in [1.82, 2.24) is 0 Å². The number of phenols is 1. The van der Waals surface area contributed by atoms with Crippen LogP contribution in [0.5, 0.6) is 5.75 Å². The molecular formula is C22H20N2O. The molecular weight excluding hydrogens is 308 g/mol. The fourth-order valence-corrected chi connectivity index (χ4v) is 3.67. The Morgan fingerprint density at radius 2 is 1.28 bits per heavy atom. The number of aryl methyl sites for hydroxylation is 1. The van der Waals surface area contributed by atoms with Crippen molar-refractivity contribution in [2.45, 2.75) is 13.3 Å². The third-order valence-electron chi connectivity index (χ3n) is 4.78. The Bertz CT molecular complexity index is 1100. The Morgan fingerprint density at radius 3 is 1.88 bits per heavy atom. The van der Waals surface area contributed by atoms with Crippen molar-refractivity contribution in [3.05, 3.63) is 66.2 Å². The number of phenolic OH excluding ortho intramolecular Hbond substituents is 1. The monoisotopic (exact) mass is 328 g/mol. The second-order valence-electron chi connectivity index (χ2n) is 6.36. The summed E-state index contributed by atoms with van der Waals surface area (Å²) in [5, 5.41) is 14.3. The molecule has 0 atom stereocenters. The number of hydrogen-bond donors (Lipinski definition) is 3. The van der Waals surface area contributed by atoms with E-state index in [-0.39, 0.29) is 5.75 Å². The minimum Gasteiger partial charge on any atom is -0.508 e. The number of fused-ring (bicyclic) bond motifs is 3. The largest absolute Gasteiger partial charge is 0.508 e. The van der Waals surface area contributed by atoms with Crippen molar-refractivity contribution in [1.29, 1.82) is 0 Å². The van der Waals surface area contributed by atoms with Gasteiger partial charge in [-0.25, -0.2) is 0 Å². The molecule has 3 nitrogen and oxygen atoms in total. The summed E-state index contributed by atoms with van der Waals surface area (Å²) in [4.78, 5) is 0. The molecule has 0 aliphatic carbocycles. The first kappa shape index (κ1) is 15.3. The fraction of sp³-hybridized carbons (Fsp3) is 0.0909. The first-order valence-electron chi connectivity index (χ1n) is 8.41. The first-order valence-corrected chi connectivity index (χ1v) is 8.41. The summed E-state index contributed by atoms with van der Waals surface area (Å²) < 4.78 is 0. The summed E-state index contributed by atoms with van der Waals surface area (Å²) in [7, 11) is 0. The SMILES string of the molecule is CCc1c(-c2ccc(O)cc2)c2cc(N)ccc2c2ccc(N)cc12. The van der Waals surface area contributed by atoms with Gasteiger partial charge in [-0.1, -0.05) is 31.2 Å². The predicted molar refractivity (Wildman–Crippen MR) is 107 cm³/mol. The zero-order chi connectivity index (χ0) is 17.6. The van der Waals surface area contributed by atoms with Crippen LogP contribution >= 0.6 is 0 Å². The molecule has 0 saturated carbocycles. The van der Waals surface area contributed by atoms with E-state index >= 15 is 0 Å². The average molecular weight is 328 g/mol. The van der Waals surface area contributed by atoms with Crippen LogP contribution in [0.4, 0.5) is 11.4 Å². The Morgan fingerprint density at radius 1 is 0.720 bits per heavy atom. The highest BCUT2D eigenvalue weighted by Crippen LogP contribution is 2.41. The molecule has 25 heavy (non-hydrogen) atoms. The zero-order valence-electron chi connectivity index (χ0n) is 14.1. The maximum atomic E-state index is 9.66. The van der Waals surface area contributed by atoms with Crippen LogP contribution in [0.25, 0.3) is 32.7 Å². The molecule has 0 heterocycles. The smallest absolute Gasteiger partial charge is 0.115 e. The van der Waals surface area contributed by atoms with Crippen molar-refractivity contribution < 1.29 is 5.11 Å². The van der Waals surface area contributed by atoms with Crippen molar-refractivity contribution in [2.24, 2.45) is 0 Å². The molecule has 0 saturated heterocycles. The van der Waals surface area contributed by atoms with Gasteiger partial charge in [0.2, 0.25) is 0 Å². The van der Waals surface area contributed by atoms with Crippen LogP contribution in [0.3, 0.4) is 0 Å². The van der Waals surface area contributed by atoms with Crippen molar-refractivity contribution in [2.75, 3.05) is 11.5 Å². The molecule has 4 aromatic rings. The highest BCUT2D eigenvalue weighted by molar-refractivity contribution is 6.17. The van der Waals surface area contributed by atoms with E-state index in [0.29, 0.717) is 0 Å². The zero-order valence-corrected chi connectivity index (χ0v) is 14.1. The third kappa shape index (κ3) is 2.45. The molecule has 0 bridgehead atoms. The number of nitrogens with two attached hydrogens (primary N) is 2. The van der Waals surface area contributed by atoms with Gasteiger partial charge in [0.15, 0.2) is 0 Å². The Labute approximate surface area is 146 Å². The molecule has 3 heteroatoms. The second-order valence-corrected chi connectivity index (χ2v) is 6.36. The van der Waals surface area contributed by atoms with E-state index in [1.54, 1.807) is 12.1 Å².